The van der Waals surface area contributed by atoms with Gasteiger partial charge in [0.05, 0.1) is 13.2 Å². The van der Waals surface area contributed by atoms with Gasteiger partial charge >= 0.3 is 0 Å². The largest absolute Gasteiger partial charge is 0.383 e. The second kappa shape index (κ2) is 9.83. The van der Waals surface area contributed by atoms with Crippen LogP contribution in [0.1, 0.15) is 11.1 Å². The molecule has 0 N–H and O–H groups in total. The van der Waals surface area contributed by atoms with Gasteiger partial charge in [-0.05, 0) is 11.1 Å². The Kier molecular flexibility index (Phi) is 7.21. The highest BCUT2D eigenvalue weighted by Gasteiger charge is 2.34. The van der Waals surface area contributed by atoms with Gasteiger partial charge < -0.3 is 9.47 Å². The van der Waals surface area contributed by atoms with Crippen LogP contribution >= 0.6 is 0 Å². The molecule has 4 heteroatoms. The third-order valence-electron chi connectivity index (χ3n) is 5.05. The van der Waals surface area contributed by atoms with E-state index in [0.29, 0.717) is 12.1 Å². The lowest BCUT2D eigenvalue weighted by Crippen LogP contribution is -2.60. The van der Waals surface area contributed by atoms with Crippen LogP contribution in [0.15, 0.2) is 60.7 Å². The van der Waals surface area contributed by atoms with Gasteiger partial charge in [-0.2, -0.15) is 0 Å². The first kappa shape index (κ1) is 19.1. The molecule has 0 spiro atoms. The van der Waals surface area contributed by atoms with Crippen LogP contribution in [0.25, 0.3) is 0 Å². The van der Waals surface area contributed by atoms with Crippen molar-refractivity contribution in [2.45, 2.75) is 25.2 Å². The van der Waals surface area contributed by atoms with Crippen LogP contribution < -0.4 is 0 Å². The molecule has 3 rings (SSSR count). The molecule has 0 bridgehead atoms. The Bertz CT molecular complexity index is 619. The average Bonchev–Trinajstić information content (AvgIpc) is 2.66. The molecule has 140 valence electrons. The van der Waals surface area contributed by atoms with Gasteiger partial charge in [0.15, 0.2) is 0 Å². The van der Waals surface area contributed by atoms with E-state index >= 15 is 0 Å². The standard InChI is InChI=1S/C22H30N2O2/c1-25-17-21-15-23(13-19-9-5-3-6-10-19)16-22(18-26-2)24(21)14-20-11-7-4-8-12-20/h3-12,21-22H,13-18H2,1-2H3/t21-,22-/m1/s1. The van der Waals surface area contributed by atoms with E-state index in [0.717, 1.165) is 39.4 Å². The zero-order valence-corrected chi connectivity index (χ0v) is 15.9. The Morgan fingerprint density at radius 3 is 1.65 bits per heavy atom. The van der Waals surface area contributed by atoms with E-state index in [2.05, 4.69) is 70.5 Å². The van der Waals surface area contributed by atoms with Crippen LogP contribution in [0.5, 0.6) is 0 Å². The molecule has 0 radical (unpaired) electrons. The van der Waals surface area contributed by atoms with Crippen LogP contribution in [0.2, 0.25) is 0 Å². The van der Waals surface area contributed by atoms with Crippen LogP contribution in [0.4, 0.5) is 0 Å². The van der Waals surface area contributed by atoms with E-state index in [1.807, 2.05) is 0 Å². The maximum Gasteiger partial charge on any atom is 0.0630 e. The number of benzene rings is 2. The van der Waals surface area contributed by atoms with Gasteiger partial charge in [-0.3, -0.25) is 9.80 Å². The molecular formula is C22H30N2O2. The Hall–Kier alpha value is -1.72. The molecule has 1 saturated heterocycles. The molecule has 1 aliphatic rings. The van der Waals surface area contributed by atoms with Gasteiger partial charge in [-0.1, -0.05) is 60.7 Å². The highest BCUT2D eigenvalue weighted by molar-refractivity contribution is 5.16. The predicted octanol–water partition coefficient (Wildman–Crippen LogP) is 3.03. The molecular weight excluding hydrogens is 324 g/mol. The summed E-state index contributed by atoms with van der Waals surface area (Å²) in [6, 6.07) is 22.1. The Morgan fingerprint density at radius 1 is 0.731 bits per heavy atom. The van der Waals surface area contributed by atoms with E-state index in [1.54, 1.807) is 14.2 Å². The van der Waals surface area contributed by atoms with Crippen molar-refractivity contribution in [3.8, 4) is 0 Å². The van der Waals surface area contributed by atoms with Crippen LogP contribution in [0, 0.1) is 0 Å². The van der Waals surface area contributed by atoms with Gasteiger partial charge in [0.2, 0.25) is 0 Å². The lowest BCUT2D eigenvalue weighted by Gasteiger charge is -2.46. The summed E-state index contributed by atoms with van der Waals surface area (Å²) in [6.07, 6.45) is 0. The molecule has 0 saturated carbocycles. The summed E-state index contributed by atoms with van der Waals surface area (Å²) in [7, 11) is 3.59. The minimum absolute atomic E-state index is 0.359. The molecule has 4 nitrogen and oxygen atoms in total. The zero-order valence-electron chi connectivity index (χ0n) is 15.9. The second-order valence-electron chi connectivity index (χ2n) is 7.06. The van der Waals surface area contributed by atoms with Gasteiger partial charge in [0.1, 0.15) is 0 Å². The summed E-state index contributed by atoms with van der Waals surface area (Å²) in [5.41, 5.74) is 2.70. The molecule has 0 aliphatic carbocycles. The third kappa shape index (κ3) is 5.15. The Morgan fingerprint density at radius 2 is 1.19 bits per heavy atom. The monoisotopic (exact) mass is 354 g/mol. The van der Waals surface area contributed by atoms with Crippen molar-refractivity contribution in [1.82, 2.24) is 9.80 Å². The first-order chi connectivity index (χ1) is 12.8. The van der Waals surface area contributed by atoms with E-state index in [4.69, 9.17) is 9.47 Å². The summed E-state index contributed by atoms with van der Waals surface area (Å²) in [5, 5.41) is 0. The molecule has 2 aromatic rings. The van der Waals surface area contributed by atoms with E-state index < -0.39 is 0 Å². The average molecular weight is 354 g/mol. The maximum absolute atomic E-state index is 5.57. The zero-order chi connectivity index (χ0) is 18.2. The first-order valence-corrected chi connectivity index (χ1v) is 9.34. The van der Waals surface area contributed by atoms with E-state index in [1.165, 1.54) is 11.1 Å². The molecule has 2 aromatic carbocycles. The molecule has 26 heavy (non-hydrogen) atoms. The van der Waals surface area contributed by atoms with Gasteiger partial charge in [0.25, 0.3) is 0 Å². The van der Waals surface area contributed by atoms with Crippen molar-refractivity contribution < 1.29 is 9.47 Å². The SMILES string of the molecule is COC[C@H]1CN(Cc2ccccc2)C[C@H](COC)N1Cc1ccccc1. The molecule has 0 aromatic heterocycles. The van der Waals surface area contributed by atoms with Crippen molar-refractivity contribution in [1.29, 1.82) is 0 Å². The molecule has 1 aliphatic heterocycles. The Labute approximate surface area is 157 Å². The molecule has 1 fully saturated rings. The summed E-state index contributed by atoms with van der Waals surface area (Å²) in [6.45, 7) is 5.39. The fraction of sp³-hybridized carbons (Fsp3) is 0.455. The van der Waals surface area contributed by atoms with Gasteiger partial charge in [-0.15, -0.1) is 0 Å². The van der Waals surface area contributed by atoms with Gasteiger partial charge in [0, 0.05) is 52.5 Å². The predicted molar refractivity (Wildman–Crippen MR) is 105 cm³/mol. The van der Waals surface area contributed by atoms with Crippen molar-refractivity contribution in [2.75, 3.05) is 40.5 Å². The van der Waals surface area contributed by atoms with Crippen LogP contribution in [0.3, 0.4) is 0 Å². The number of ether oxygens (including phenoxy) is 2. The second-order valence-corrected chi connectivity index (χ2v) is 7.06. The molecule has 2 atom stereocenters. The number of nitrogens with zero attached hydrogens (tertiary/aromatic N) is 2. The van der Waals surface area contributed by atoms with Crippen molar-refractivity contribution in [3.63, 3.8) is 0 Å². The van der Waals surface area contributed by atoms with Crippen LogP contribution in [-0.2, 0) is 22.6 Å². The smallest absolute Gasteiger partial charge is 0.0630 e. The number of hydrogen-bond donors (Lipinski definition) is 0. The number of methoxy groups -OCH3 is 2. The summed E-state index contributed by atoms with van der Waals surface area (Å²) >= 11 is 0. The van der Waals surface area contributed by atoms with Crippen molar-refractivity contribution >= 4 is 0 Å². The quantitative estimate of drug-likeness (QED) is 0.727. The normalized spacial score (nSPS) is 21.8. The first-order valence-electron chi connectivity index (χ1n) is 9.34. The maximum atomic E-state index is 5.57. The van der Waals surface area contributed by atoms with Crippen LogP contribution in [-0.4, -0.2) is 62.4 Å². The number of rotatable bonds is 8. The van der Waals surface area contributed by atoms with E-state index in [-0.39, 0.29) is 0 Å². The molecule has 0 amide bonds. The lowest BCUT2D eigenvalue weighted by atomic mass is 10.0. The summed E-state index contributed by atoms with van der Waals surface area (Å²) in [4.78, 5) is 5.09. The summed E-state index contributed by atoms with van der Waals surface area (Å²) in [5.74, 6) is 0. The topological polar surface area (TPSA) is 24.9 Å². The van der Waals surface area contributed by atoms with Crippen molar-refractivity contribution in [2.24, 2.45) is 0 Å². The summed E-state index contributed by atoms with van der Waals surface area (Å²) < 4.78 is 11.1. The van der Waals surface area contributed by atoms with E-state index in [9.17, 15) is 0 Å². The molecule has 1 heterocycles. The van der Waals surface area contributed by atoms with Crippen molar-refractivity contribution in [3.05, 3.63) is 71.8 Å². The fourth-order valence-corrected chi connectivity index (χ4v) is 3.88. The fourth-order valence-electron chi connectivity index (χ4n) is 3.88. The molecule has 0 unspecified atom stereocenters. The number of hydrogen-bond acceptors (Lipinski definition) is 4. The lowest BCUT2D eigenvalue weighted by molar-refractivity contribution is -0.0435. The highest BCUT2D eigenvalue weighted by atomic mass is 16.5. The minimum atomic E-state index is 0.359. The minimum Gasteiger partial charge on any atom is -0.383 e. The third-order valence-corrected chi connectivity index (χ3v) is 5.05. The Balaban J connectivity index is 1.74. The number of piperazine rings is 1. The highest BCUT2D eigenvalue weighted by Crippen LogP contribution is 2.21. The van der Waals surface area contributed by atoms with Gasteiger partial charge in [-0.25, -0.2) is 0 Å².